The number of benzene rings is 7. The lowest BCUT2D eigenvalue weighted by Crippen LogP contribution is -2.00. The Morgan fingerprint density at radius 2 is 0.980 bits per heavy atom. The molecule has 11 aromatic rings. The Kier molecular flexibility index (Phi) is 6.05. The third kappa shape index (κ3) is 4.50. The largest absolute Gasteiger partial charge is 0.456 e. The number of hydrogen-bond donors (Lipinski definition) is 0. The zero-order valence-electron chi connectivity index (χ0n) is 27.0. The van der Waals surface area contributed by atoms with E-state index in [4.69, 9.17) is 23.8 Å². The number of hydrogen-bond acceptors (Lipinski definition) is 6. The molecule has 0 amide bonds. The molecular formula is C45H25N3O2S. The van der Waals surface area contributed by atoms with Crippen LogP contribution >= 0.6 is 11.3 Å². The molecule has 0 aliphatic heterocycles. The van der Waals surface area contributed by atoms with Crippen molar-refractivity contribution in [1.29, 1.82) is 0 Å². The highest BCUT2D eigenvalue weighted by atomic mass is 32.1. The van der Waals surface area contributed by atoms with Crippen LogP contribution in [-0.4, -0.2) is 15.0 Å². The van der Waals surface area contributed by atoms with Gasteiger partial charge in [0.05, 0.1) is 0 Å². The van der Waals surface area contributed by atoms with E-state index < -0.39 is 0 Å². The lowest BCUT2D eigenvalue weighted by Gasteiger charge is -2.11. The summed E-state index contributed by atoms with van der Waals surface area (Å²) in [5.41, 5.74) is 8.11. The average Bonchev–Trinajstić information content (AvgIpc) is 3.88. The summed E-state index contributed by atoms with van der Waals surface area (Å²) in [6.07, 6.45) is 0. The van der Waals surface area contributed by atoms with E-state index in [2.05, 4.69) is 72.8 Å². The molecule has 0 aliphatic carbocycles. The van der Waals surface area contributed by atoms with E-state index in [1.165, 1.54) is 20.2 Å². The molecule has 0 aliphatic rings. The highest BCUT2D eigenvalue weighted by molar-refractivity contribution is 7.25. The van der Waals surface area contributed by atoms with Crippen LogP contribution in [0.2, 0.25) is 0 Å². The summed E-state index contributed by atoms with van der Waals surface area (Å²) in [5, 5.41) is 6.62. The Labute approximate surface area is 295 Å². The summed E-state index contributed by atoms with van der Waals surface area (Å²) >= 11 is 1.82. The molecule has 0 radical (unpaired) electrons. The zero-order valence-corrected chi connectivity index (χ0v) is 27.8. The smallest absolute Gasteiger partial charge is 0.164 e. The second-order valence-corrected chi connectivity index (χ2v) is 13.9. The van der Waals surface area contributed by atoms with Crippen molar-refractivity contribution in [1.82, 2.24) is 15.0 Å². The van der Waals surface area contributed by atoms with Crippen LogP contribution in [0.15, 0.2) is 160 Å². The molecule has 4 aromatic heterocycles. The maximum Gasteiger partial charge on any atom is 0.164 e. The Bertz CT molecular complexity index is 3160. The maximum absolute atomic E-state index is 6.54. The van der Waals surface area contributed by atoms with Crippen LogP contribution in [0.1, 0.15) is 0 Å². The van der Waals surface area contributed by atoms with Crippen molar-refractivity contribution >= 4 is 75.4 Å². The summed E-state index contributed by atoms with van der Waals surface area (Å²) in [5.74, 6) is 1.77. The van der Waals surface area contributed by atoms with Gasteiger partial charge in [-0.2, -0.15) is 0 Å². The quantitative estimate of drug-likeness (QED) is 0.186. The van der Waals surface area contributed by atoms with Gasteiger partial charge in [-0.1, -0.05) is 97.1 Å². The molecule has 11 rings (SSSR count). The first-order chi connectivity index (χ1) is 25.2. The van der Waals surface area contributed by atoms with Crippen molar-refractivity contribution < 1.29 is 8.83 Å². The third-order valence-corrected chi connectivity index (χ3v) is 10.9. The summed E-state index contributed by atoms with van der Waals surface area (Å²) in [6.45, 7) is 0. The van der Waals surface area contributed by atoms with Crippen LogP contribution in [-0.2, 0) is 0 Å². The molecular weight excluding hydrogens is 647 g/mol. The van der Waals surface area contributed by atoms with Crippen LogP contribution in [0.4, 0.5) is 0 Å². The number of thiophene rings is 1. The van der Waals surface area contributed by atoms with Crippen LogP contribution in [0.3, 0.4) is 0 Å². The van der Waals surface area contributed by atoms with E-state index in [1.807, 2.05) is 90.2 Å². The molecule has 0 saturated heterocycles. The van der Waals surface area contributed by atoms with E-state index in [0.717, 1.165) is 71.7 Å². The number of para-hydroxylation sites is 2. The van der Waals surface area contributed by atoms with E-state index in [-0.39, 0.29) is 0 Å². The molecule has 238 valence electrons. The molecule has 0 bridgehead atoms. The second-order valence-electron chi connectivity index (χ2n) is 12.8. The number of nitrogens with zero attached hydrogens (tertiary/aromatic N) is 3. The van der Waals surface area contributed by atoms with Gasteiger partial charge in [0.2, 0.25) is 0 Å². The van der Waals surface area contributed by atoms with Gasteiger partial charge >= 0.3 is 0 Å². The fraction of sp³-hybridized carbons (Fsp3) is 0. The summed E-state index contributed by atoms with van der Waals surface area (Å²) < 4.78 is 15.2. The second kappa shape index (κ2) is 10.9. The van der Waals surface area contributed by atoms with Gasteiger partial charge in [0.1, 0.15) is 22.3 Å². The highest BCUT2D eigenvalue weighted by Gasteiger charge is 2.20. The van der Waals surface area contributed by atoms with Crippen LogP contribution in [0, 0.1) is 0 Å². The van der Waals surface area contributed by atoms with Crippen molar-refractivity contribution in [2.24, 2.45) is 0 Å². The van der Waals surface area contributed by atoms with Gasteiger partial charge < -0.3 is 8.83 Å². The Balaban J connectivity index is 1.17. The van der Waals surface area contributed by atoms with Crippen LogP contribution in [0.25, 0.3) is 109 Å². The van der Waals surface area contributed by atoms with Crippen molar-refractivity contribution in [2.75, 3.05) is 0 Å². The van der Waals surface area contributed by atoms with Gasteiger partial charge in [0, 0.05) is 58.4 Å². The van der Waals surface area contributed by atoms with Gasteiger partial charge in [-0.3, -0.25) is 0 Å². The molecule has 0 fully saturated rings. The molecule has 0 saturated carbocycles. The number of fused-ring (bicyclic) bond motifs is 9. The van der Waals surface area contributed by atoms with Crippen LogP contribution in [0.5, 0.6) is 0 Å². The molecule has 0 spiro atoms. The predicted octanol–water partition coefficient (Wildman–Crippen LogP) is 12.7. The van der Waals surface area contributed by atoms with Gasteiger partial charge in [-0.15, -0.1) is 11.3 Å². The monoisotopic (exact) mass is 671 g/mol. The van der Waals surface area contributed by atoms with Crippen molar-refractivity contribution in [3.8, 4) is 45.3 Å². The number of rotatable bonds is 4. The Morgan fingerprint density at radius 1 is 0.353 bits per heavy atom. The molecule has 0 N–H and O–H groups in total. The average molecular weight is 672 g/mol. The first-order valence-corrected chi connectivity index (χ1v) is 17.7. The van der Waals surface area contributed by atoms with Crippen molar-refractivity contribution in [3.05, 3.63) is 152 Å². The van der Waals surface area contributed by atoms with Crippen molar-refractivity contribution in [3.63, 3.8) is 0 Å². The fourth-order valence-electron chi connectivity index (χ4n) is 7.31. The van der Waals surface area contributed by atoms with E-state index in [0.29, 0.717) is 17.5 Å². The Morgan fingerprint density at radius 3 is 1.84 bits per heavy atom. The van der Waals surface area contributed by atoms with Crippen molar-refractivity contribution in [2.45, 2.75) is 0 Å². The summed E-state index contributed by atoms with van der Waals surface area (Å²) in [7, 11) is 0. The molecule has 4 heterocycles. The van der Waals surface area contributed by atoms with Crippen LogP contribution < -0.4 is 0 Å². The lowest BCUT2D eigenvalue weighted by atomic mass is 9.97. The van der Waals surface area contributed by atoms with Gasteiger partial charge in [0.15, 0.2) is 17.5 Å². The third-order valence-electron chi connectivity index (χ3n) is 9.73. The first-order valence-electron chi connectivity index (χ1n) is 16.8. The summed E-state index contributed by atoms with van der Waals surface area (Å²) in [4.78, 5) is 15.5. The fourth-order valence-corrected chi connectivity index (χ4v) is 8.46. The van der Waals surface area contributed by atoms with Gasteiger partial charge in [-0.05, 0) is 65.7 Å². The maximum atomic E-state index is 6.54. The molecule has 0 unspecified atom stereocenters. The summed E-state index contributed by atoms with van der Waals surface area (Å²) in [6, 6.07) is 52.2. The van der Waals surface area contributed by atoms with E-state index in [1.54, 1.807) is 0 Å². The highest BCUT2D eigenvalue weighted by Crippen LogP contribution is 2.42. The van der Waals surface area contributed by atoms with E-state index in [9.17, 15) is 0 Å². The minimum Gasteiger partial charge on any atom is -0.456 e. The minimum absolute atomic E-state index is 0.581. The Hall–Kier alpha value is -6.63. The molecule has 6 heteroatoms. The SMILES string of the molecule is c1ccc(-c2nc(-c3ccc4oc5ccccc5c4c3)nc(-c3cc(-c4ccc5c(c4)sc4ccccc45)cc4oc5ccccc5c34)n2)cc1. The van der Waals surface area contributed by atoms with Gasteiger partial charge in [-0.25, -0.2) is 15.0 Å². The number of furan rings is 2. The predicted molar refractivity (Wildman–Crippen MR) is 209 cm³/mol. The molecule has 7 aromatic carbocycles. The lowest BCUT2D eigenvalue weighted by molar-refractivity contribution is 0.668. The topological polar surface area (TPSA) is 65.0 Å². The molecule has 0 atom stereocenters. The van der Waals surface area contributed by atoms with E-state index >= 15 is 0 Å². The molecule has 5 nitrogen and oxygen atoms in total. The molecule has 51 heavy (non-hydrogen) atoms. The number of aromatic nitrogens is 3. The zero-order chi connectivity index (χ0) is 33.5. The normalized spacial score (nSPS) is 11.9. The minimum atomic E-state index is 0.581. The first kappa shape index (κ1) is 28.2. The van der Waals surface area contributed by atoms with Gasteiger partial charge in [0.25, 0.3) is 0 Å². The standard InChI is InChI=1S/C45H25N3O2S/c1-2-10-26(11-3-1)43-46-44(28-19-21-38-34(22-28)30-12-4-7-15-36(30)49-38)48-45(47-43)35-23-29(24-39-42(35)33-14-5-8-16-37(33)50-39)27-18-20-32-31-13-6-9-17-40(31)51-41(32)25-27/h1-25H.